The molecule has 6 heteroatoms. The van der Waals surface area contributed by atoms with Crippen LogP contribution in [0.5, 0.6) is 0 Å². The Morgan fingerprint density at radius 2 is 1.92 bits per heavy atom. The molecular formula is C18H23N3O3. The van der Waals surface area contributed by atoms with Crippen molar-refractivity contribution in [2.75, 3.05) is 0 Å². The molecular weight excluding hydrogens is 306 g/mol. The standard InChI is InChI=1S/C18H23N3O3/c1-11(2)9-15(18(23)24)20-17(22)14-10-19-21(13(14)4)16-8-6-5-7-12(16)3/h5-8,10-11,15H,9H2,1-4H3,(H,20,22)(H,23,24). The molecule has 2 rings (SSSR count). The van der Waals surface area contributed by atoms with Gasteiger partial charge in [-0.25, -0.2) is 9.48 Å². The van der Waals surface area contributed by atoms with Crippen LogP contribution in [0.2, 0.25) is 0 Å². The van der Waals surface area contributed by atoms with Crippen molar-refractivity contribution >= 4 is 11.9 Å². The van der Waals surface area contributed by atoms with Crippen LogP contribution in [0, 0.1) is 19.8 Å². The van der Waals surface area contributed by atoms with E-state index in [1.807, 2.05) is 45.0 Å². The summed E-state index contributed by atoms with van der Waals surface area (Å²) < 4.78 is 1.70. The third-order valence-corrected chi connectivity index (χ3v) is 3.91. The molecule has 0 fully saturated rings. The molecule has 0 spiro atoms. The Kier molecular flexibility index (Phi) is 5.39. The van der Waals surface area contributed by atoms with Crippen molar-refractivity contribution in [1.82, 2.24) is 15.1 Å². The lowest BCUT2D eigenvalue weighted by Crippen LogP contribution is -2.41. The Balaban J connectivity index is 2.26. The van der Waals surface area contributed by atoms with Crippen LogP contribution >= 0.6 is 0 Å². The zero-order chi connectivity index (χ0) is 17.9. The molecule has 1 amide bonds. The van der Waals surface area contributed by atoms with Gasteiger partial charge < -0.3 is 10.4 Å². The number of carbonyl (C=O) groups excluding carboxylic acids is 1. The van der Waals surface area contributed by atoms with Crippen LogP contribution in [-0.2, 0) is 4.79 Å². The zero-order valence-electron chi connectivity index (χ0n) is 14.4. The summed E-state index contributed by atoms with van der Waals surface area (Å²) in [6, 6.07) is 6.84. The number of carboxylic acid groups (broad SMARTS) is 1. The normalized spacial score (nSPS) is 12.2. The molecule has 0 aliphatic rings. The molecule has 1 unspecified atom stereocenters. The molecule has 1 heterocycles. The lowest BCUT2D eigenvalue weighted by atomic mass is 10.0. The van der Waals surface area contributed by atoms with Gasteiger partial charge in [0.25, 0.3) is 5.91 Å². The number of aromatic nitrogens is 2. The van der Waals surface area contributed by atoms with Crippen LogP contribution in [0.25, 0.3) is 5.69 Å². The summed E-state index contributed by atoms with van der Waals surface area (Å²) in [5.74, 6) is -1.27. The fourth-order valence-corrected chi connectivity index (χ4v) is 2.61. The molecule has 0 bridgehead atoms. The summed E-state index contributed by atoms with van der Waals surface area (Å²) in [5, 5.41) is 16.2. The Labute approximate surface area is 141 Å². The molecule has 0 aliphatic heterocycles. The minimum absolute atomic E-state index is 0.169. The highest BCUT2D eigenvalue weighted by molar-refractivity contribution is 5.97. The number of hydrogen-bond acceptors (Lipinski definition) is 3. The Morgan fingerprint density at radius 1 is 1.25 bits per heavy atom. The predicted octanol–water partition coefficient (Wildman–Crippen LogP) is 2.72. The number of carboxylic acids is 1. The molecule has 6 nitrogen and oxygen atoms in total. The molecule has 0 radical (unpaired) electrons. The summed E-state index contributed by atoms with van der Waals surface area (Å²) in [6.07, 6.45) is 1.86. The number of nitrogens with one attached hydrogen (secondary N) is 1. The van der Waals surface area contributed by atoms with Crippen LogP contribution in [0.15, 0.2) is 30.5 Å². The minimum Gasteiger partial charge on any atom is -0.480 e. The van der Waals surface area contributed by atoms with Crippen LogP contribution in [-0.4, -0.2) is 32.8 Å². The van der Waals surface area contributed by atoms with Crippen molar-refractivity contribution < 1.29 is 14.7 Å². The SMILES string of the molecule is Cc1ccccc1-n1ncc(C(=O)NC(CC(C)C)C(=O)O)c1C. The first-order valence-corrected chi connectivity index (χ1v) is 7.95. The van der Waals surface area contributed by atoms with Gasteiger partial charge in [-0.05, 0) is 37.8 Å². The second kappa shape index (κ2) is 7.29. The van der Waals surface area contributed by atoms with Crippen LogP contribution < -0.4 is 5.32 Å². The molecule has 0 aliphatic carbocycles. The van der Waals surface area contributed by atoms with Gasteiger partial charge in [-0.3, -0.25) is 4.79 Å². The van der Waals surface area contributed by atoms with Crippen molar-refractivity contribution in [3.05, 3.63) is 47.3 Å². The Morgan fingerprint density at radius 3 is 2.50 bits per heavy atom. The number of benzene rings is 1. The highest BCUT2D eigenvalue weighted by Crippen LogP contribution is 2.18. The molecule has 128 valence electrons. The van der Waals surface area contributed by atoms with E-state index in [4.69, 9.17) is 0 Å². The van der Waals surface area contributed by atoms with E-state index in [0.29, 0.717) is 17.7 Å². The lowest BCUT2D eigenvalue weighted by Gasteiger charge is -2.16. The average Bonchev–Trinajstić information content (AvgIpc) is 2.88. The van der Waals surface area contributed by atoms with Crippen molar-refractivity contribution in [3.8, 4) is 5.69 Å². The molecule has 0 saturated heterocycles. The van der Waals surface area contributed by atoms with E-state index in [1.54, 1.807) is 11.6 Å². The molecule has 1 aromatic carbocycles. The maximum Gasteiger partial charge on any atom is 0.326 e. The number of amides is 1. The molecule has 2 aromatic rings. The third-order valence-electron chi connectivity index (χ3n) is 3.91. The second-order valence-corrected chi connectivity index (χ2v) is 6.34. The summed E-state index contributed by atoms with van der Waals surface area (Å²) in [4.78, 5) is 23.8. The van der Waals surface area contributed by atoms with E-state index in [1.165, 1.54) is 6.20 Å². The highest BCUT2D eigenvalue weighted by atomic mass is 16.4. The molecule has 0 saturated carbocycles. The van der Waals surface area contributed by atoms with Gasteiger partial charge in [0.15, 0.2) is 0 Å². The smallest absolute Gasteiger partial charge is 0.326 e. The number of carbonyl (C=O) groups is 2. The van der Waals surface area contributed by atoms with Crippen molar-refractivity contribution in [2.24, 2.45) is 5.92 Å². The maximum atomic E-state index is 12.5. The largest absolute Gasteiger partial charge is 0.480 e. The van der Waals surface area contributed by atoms with Gasteiger partial charge in [0.05, 0.1) is 23.1 Å². The minimum atomic E-state index is -1.03. The van der Waals surface area contributed by atoms with E-state index in [0.717, 1.165) is 11.3 Å². The first-order valence-electron chi connectivity index (χ1n) is 7.95. The second-order valence-electron chi connectivity index (χ2n) is 6.34. The number of hydrogen-bond donors (Lipinski definition) is 2. The van der Waals surface area contributed by atoms with E-state index < -0.39 is 17.9 Å². The number of para-hydroxylation sites is 1. The lowest BCUT2D eigenvalue weighted by molar-refractivity contribution is -0.139. The van der Waals surface area contributed by atoms with Gasteiger partial charge in [0.2, 0.25) is 0 Å². The summed E-state index contributed by atoms with van der Waals surface area (Å²) >= 11 is 0. The third kappa shape index (κ3) is 3.82. The van der Waals surface area contributed by atoms with Crippen molar-refractivity contribution in [2.45, 2.75) is 40.2 Å². The van der Waals surface area contributed by atoms with Gasteiger partial charge in [-0.2, -0.15) is 5.10 Å². The summed E-state index contributed by atoms with van der Waals surface area (Å²) in [7, 11) is 0. The van der Waals surface area contributed by atoms with Crippen molar-refractivity contribution in [3.63, 3.8) is 0 Å². The van der Waals surface area contributed by atoms with E-state index in [2.05, 4.69) is 10.4 Å². The first kappa shape index (κ1) is 17.7. The molecule has 1 aromatic heterocycles. The van der Waals surface area contributed by atoms with E-state index in [9.17, 15) is 14.7 Å². The number of aliphatic carboxylic acids is 1. The highest BCUT2D eigenvalue weighted by Gasteiger charge is 2.24. The molecule has 24 heavy (non-hydrogen) atoms. The Hall–Kier alpha value is -2.63. The predicted molar refractivity (Wildman–Crippen MR) is 91.4 cm³/mol. The van der Waals surface area contributed by atoms with Crippen molar-refractivity contribution in [1.29, 1.82) is 0 Å². The first-order chi connectivity index (χ1) is 11.3. The van der Waals surface area contributed by atoms with Gasteiger partial charge in [-0.1, -0.05) is 32.0 Å². The Bertz CT molecular complexity index is 750. The number of aryl methyl sites for hydroxylation is 1. The van der Waals surface area contributed by atoms with Gasteiger partial charge in [0.1, 0.15) is 6.04 Å². The van der Waals surface area contributed by atoms with Gasteiger partial charge >= 0.3 is 5.97 Å². The van der Waals surface area contributed by atoms with Crippen LogP contribution in [0.3, 0.4) is 0 Å². The van der Waals surface area contributed by atoms with Gasteiger partial charge in [-0.15, -0.1) is 0 Å². The fourth-order valence-electron chi connectivity index (χ4n) is 2.61. The fraction of sp³-hybridized carbons (Fsp3) is 0.389. The van der Waals surface area contributed by atoms with Crippen LogP contribution in [0.1, 0.15) is 41.9 Å². The van der Waals surface area contributed by atoms with E-state index >= 15 is 0 Å². The molecule has 2 N–H and O–H groups in total. The number of rotatable bonds is 6. The quantitative estimate of drug-likeness (QED) is 0.853. The average molecular weight is 329 g/mol. The topological polar surface area (TPSA) is 84.2 Å². The van der Waals surface area contributed by atoms with Gasteiger partial charge in [0, 0.05) is 0 Å². The molecule has 1 atom stereocenters. The number of nitrogens with zero attached hydrogens (tertiary/aromatic N) is 2. The monoisotopic (exact) mass is 329 g/mol. The summed E-state index contributed by atoms with van der Waals surface area (Å²) in [6.45, 7) is 7.61. The van der Waals surface area contributed by atoms with E-state index in [-0.39, 0.29) is 5.92 Å². The summed E-state index contributed by atoms with van der Waals surface area (Å²) in [5.41, 5.74) is 2.99. The maximum absolute atomic E-state index is 12.5. The zero-order valence-corrected chi connectivity index (χ0v) is 14.4. The van der Waals surface area contributed by atoms with Crippen LogP contribution in [0.4, 0.5) is 0 Å².